The monoisotopic (exact) mass is 347 g/mol. The first kappa shape index (κ1) is 16.6. The van der Waals surface area contributed by atoms with Gasteiger partial charge in [-0.1, -0.05) is 18.2 Å². The van der Waals surface area contributed by atoms with Crippen molar-refractivity contribution in [2.24, 2.45) is 0 Å². The minimum atomic E-state index is -3.63. The molecule has 0 N–H and O–H groups in total. The van der Waals surface area contributed by atoms with Crippen LogP contribution in [0.3, 0.4) is 0 Å². The summed E-state index contributed by atoms with van der Waals surface area (Å²) in [5.74, 6) is 1.24. The zero-order chi connectivity index (χ0) is 17.3. The highest BCUT2D eigenvalue weighted by Crippen LogP contribution is 2.40. The lowest BCUT2D eigenvalue weighted by Gasteiger charge is -2.32. The minimum Gasteiger partial charge on any atom is -0.497 e. The van der Waals surface area contributed by atoms with Crippen LogP contribution in [0.4, 0.5) is 5.69 Å². The first-order valence-corrected chi connectivity index (χ1v) is 9.26. The van der Waals surface area contributed by atoms with Crippen LogP contribution in [0.5, 0.6) is 11.5 Å². The number of aryl methyl sites for hydroxylation is 1. The number of sulfonamides is 1. The number of ether oxygens (including phenoxy) is 2. The van der Waals surface area contributed by atoms with E-state index in [1.807, 2.05) is 19.1 Å². The standard InChI is InChI=1S/C18H21NO4S/c1-13-7-4-5-9-18(13)24(20,21)19-10-6-8-15-16(19)11-14(22-2)12-17(15)23-3/h4-5,7,9,11-12H,6,8,10H2,1-3H3. The van der Waals surface area contributed by atoms with E-state index in [2.05, 4.69) is 0 Å². The first-order chi connectivity index (χ1) is 11.5. The number of methoxy groups -OCH3 is 2. The van der Waals surface area contributed by atoms with Crippen molar-refractivity contribution in [2.75, 3.05) is 25.1 Å². The summed E-state index contributed by atoms with van der Waals surface area (Å²) in [6.07, 6.45) is 1.53. The molecular formula is C18H21NO4S. The van der Waals surface area contributed by atoms with Crippen LogP contribution in [0, 0.1) is 6.92 Å². The van der Waals surface area contributed by atoms with E-state index in [1.165, 1.54) is 4.31 Å². The van der Waals surface area contributed by atoms with E-state index < -0.39 is 10.0 Å². The molecule has 5 nitrogen and oxygen atoms in total. The Hall–Kier alpha value is -2.21. The van der Waals surface area contributed by atoms with Crippen molar-refractivity contribution >= 4 is 15.7 Å². The molecule has 1 aliphatic rings. The van der Waals surface area contributed by atoms with E-state index in [9.17, 15) is 8.42 Å². The normalized spacial score (nSPS) is 14.2. The largest absolute Gasteiger partial charge is 0.497 e. The molecule has 2 aromatic rings. The van der Waals surface area contributed by atoms with Crippen LogP contribution in [-0.4, -0.2) is 29.2 Å². The summed E-state index contributed by atoms with van der Waals surface area (Å²) in [6.45, 7) is 2.25. The van der Waals surface area contributed by atoms with E-state index in [4.69, 9.17) is 9.47 Å². The van der Waals surface area contributed by atoms with Crippen LogP contribution in [0.25, 0.3) is 0 Å². The Morgan fingerprint density at radius 1 is 1.08 bits per heavy atom. The number of anilines is 1. The molecule has 0 radical (unpaired) electrons. The van der Waals surface area contributed by atoms with Crippen molar-refractivity contribution in [3.63, 3.8) is 0 Å². The van der Waals surface area contributed by atoms with Crippen LogP contribution in [0.15, 0.2) is 41.3 Å². The van der Waals surface area contributed by atoms with Crippen LogP contribution in [0.1, 0.15) is 17.5 Å². The lowest BCUT2D eigenvalue weighted by molar-refractivity contribution is 0.390. The molecule has 0 aromatic heterocycles. The smallest absolute Gasteiger partial charge is 0.264 e. The van der Waals surface area contributed by atoms with E-state index >= 15 is 0 Å². The highest BCUT2D eigenvalue weighted by Gasteiger charge is 2.32. The second-order valence-electron chi connectivity index (χ2n) is 5.77. The van der Waals surface area contributed by atoms with Gasteiger partial charge in [0.05, 0.1) is 24.8 Å². The van der Waals surface area contributed by atoms with Crippen LogP contribution in [0.2, 0.25) is 0 Å². The zero-order valence-electron chi connectivity index (χ0n) is 14.1. The van der Waals surface area contributed by atoms with Gasteiger partial charge >= 0.3 is 0 Å². The number of hydrogen-bond acceptors (Lipinski definition) is 4. The molecule has 0 fully saturated rings. The van der Waals surface area contributed by atoms with E-state index in [0.717, 1.165) is 24.0 Å². The van der Waals surface area contributed by atoms with Crippen molar-refractivity contribution in [1.29, 1.82) is 0 Å². The zero-order valence-corrected chi connectivity index (χ0v) is 14.9. The van der Waals surface area contributed by atoms with E-state index in [-0.39, 0.29) is 0 Å². The summed E-state index contributed by atoms with van der Waals surface area (Å²) in [5.41, 5.74) is 2.28. The fraction of sp³-hybridized carbons (Fsp3) is 0.333. The number of hydrogen-bond donors (Lipinski definition) is 0. The summed E-state index contributed by atoms with van der Waals surface area (Å²) < 4.78 is 38.7. The summed E-state index contributed by atoms with van der Waals surface area (Å²) in [5, 5.41) is 0. The Morgan fingerprint density at radius 3 is 2.50 bits per heavy atom. The molecule has 6 heteroatoms. The molecule has 0 saturated heterocycles. The summed E-state index contributed by atoms with van der Waals surface area (Å²) in [6, 6.07) is 10.6. The molecule has 128 valence electrons. The molecule has 1 heterocycles. The molecule has 0 saturated carbocycles. The van der Waals surface area contributed by atoms with Gasteiger partial charge in [0.2, 0.25) is 0 Å². The third kappa shape index (κ3) is 2.71. The third-order valence-corrected chi connectivity index (χ3v) is 6.31. The van der Waals surface area contributed by atoms with Crippen LogP contribution >= 0.6 is 0 Å². The Bertz CT molecular complexity index is 861. The molecule has 24 heavy (non-hydrogen) atoms. The molecule has 3 rings (SSSR count). The Balaban J connectivity index is 2.18. The van der Waals surface area contributed by atoms with Gasteiger partial charge in [-0.05, 0) is 31.4 Å². The highest BCUT2D eigenvalue weighted by atomic mass is 32.2. The van der Waals surface area contributed by atoms with Gasteiger partial charge in [0, 0.05) is 24.2 Å². The molecule has 0 unspecified atom stereocenters. The average Bonchev–Trinajstić information content (AvgIpc) is 2.60. The Morgan fingerprint density at radius 2 is 1.83 bits per heavy atom. The predicted octanol–water partition coefficient (Wildman–Crippen LogP) is 3.15. The maximum Gasteiger partial charge on any atom is 0.264 e. The van der Waals surface area contributed by atoms with Crippen molar-refractivity contribution in [3.8, 4) is 11.5 Å². The third-order valence-electron chi connectivity index (χ3n) is 4.33. The van der Waals surface area contributed by atoms with Gasteiger partial charge in [-0.25, -0.2) is 8.42 Å². The first-order valence-electron chi connectivity index (χ1n) is 7.82. The molecule has 0 spiro atoms. The van der Waals surface area contributed by atoms with Gasteiger partial charge in [-0.3, -0.25) is 4.31 Å². The fourth-order valence-electron chi connectivity index (χ4n) is 3.11. The van der Waals surface area contributed by atoms with E-state index in [1.54, 1.807) is 38.5 Å². The SMILES string of the molecule is COc1cc(OC)c2c(c1)N(S(=O)(=O)c1ccccc1C)CCC2. The van der Waals surface area contributed by atoms with Crippen molar-refractivity contribution in [1.82, 2.24) is 0 Å². The molecule has 0 atom stereocenters. The van der Waals surface area contributed by atoms with Gasteiger partial charge in [0.15, 0.2) is 0 Å². The number of benzene rings is 2. The number of rotatable bonds is 4. The summed E-state index contributed by atoms with van der Waals surface area (Å²) in [4.78, 5) is 0.333. The molecular weight excluding hydrogens is 326 g/mol. The quantitative estimate of drug-likeness (QED) is 0.852. The number of nitrogens with zero attached hydrogens (tertiary/aromatic N) is 1. The van der Waals surface area contributed by atoms with Crippen LogP contribution < -0.4 is 13.8 Å². The molecule has 2 aromatic carbocycles. The van der Waals surface area contributed by atoms with Gasteiger partial charge in [-0.15, -0.1) is 0 Å². The molecule has 0 aliphatic carbocycles. The fourth-order valence-corrected chi connectivity index (χ4v) is 4.87. The highest BCUT2D eigenvalue weighted by molar-refractivity contribution is 7.92. The van der Waals surface area contributed by atoms with Crippen LogP contribution in [-0.2, 0) is 16.4 Å². The average molecular weight is 347 g/mol. The minimum absolute atomic E-state index is 0.333. The van der Waals surface area contributed by atoms with Gasteiger partial charge < -0.3 is 9.47 Å². The van der Waals surface area contributed by atoms with Gasteiger partial charge in [0.1, 0.15) is 11.5 Å². The maximum absolute atomic E-state index is 13.2. The predicted molar refractivity (Wildman–Crippen MR) is 93.6 cm³/mol. The number of fused-ring (bicyclic) bond motifs is 1. The second-order valence-corrected chi connectivity index (χ2v) is 7.60. The molecule has 0 amide bonds. The summed E-state index contributed by atoms with van der Waals surface area (Å²) >= 11 is 0. The van der Waals surface area contributed by atoms with E-state index in [0.29, 0.717) is 28.6 Å². The lowest BCUT2D eigenvalue weighted by atomic mass is 10.0. The van der Waals surface area contributed by atoms with Crippen molar-refractivity contribution in [2.45, 2.75) is 24.7 Å². The molecule has 1 aliphatic heterocycles. The van der Waals surface area contributed by atoms with Gasteiger partial charge in [0.25, 0.3) is 10.0 Å². The summed E-state index contributed by atoms with van der Waals surface area (Å²) in [7, 11) is -0.487. The lowest BCUT2D eigenvalue weighted by Crippen LogP contribution is -2.36. The Kier molecular flexibility index (Phi) is 4.41. The van der Waals surface area contributed by atoms with Gasteiger partial charge in [-0.2, -0.15) is 0 Å². The molecule has 0 bridgehead atoms. The maximum atomic E-state index is 13.2. The van der Waals surface area contributed by atoms with Crippen molar-refractivity contribution < 1.29 is 17.9 Å². The second kappa shape index (κ2) is 6.36. The van der Waals surface area contributed by atoms with Crippen molar-refractivity contribution in [3.05, 3.63) is 47.5 Å². The Labute approximate surface area is 142 Å². The topological polar surface area (TPSA) is 55.8 Å².